The summed E-state index contributed by atoms with van der Waals surface area (Å²) in [6.07, 6.45) is 0. The van der Waals surface area contributed by atoms with E-state index in [2.05, 4.69) is 4.72 Å². The molecule has 0 amide bonds. The second-order valence-electron chi connectivity index (χ2n) is 4.97. The summed E-state index contributed by atoms with van der Waals surface area (Å²) in [4.78, 5) is 0.148. The van der Waals surface area contributed by atoms with Gasteiger partial charge >= 0.3 is 0 Å². The first-order chi connectivity index (χ1) is 9.22. The standard InChI is InChI=1S/C13H21ClN2O3S/c1-4-19-13(2,3)9-16-20(17,18)11-5-6-12(14)10(7-11)8-15/h5-7,16H,4,8-9,15H2,1-3H3. The SMILES string of the molecule is CCOC(C)(C)CNS(=O)(=O)c1ccc(Cl)c(CN)c1. The average Bonchev–Trinajstić information content (AvgIpc) is 2.37. The number of rotatable bonds is 7. The summed E-state index contributed by atoms with van der Waals surface area (Å²) in [7, 11) is -3.61. The minimum atomic E-state index is -3.61. The fourth-order valence-corrected chi connectivity index (χ4v) is 3.11. The van der Waals surface area contributed by atoms with Crippen LogP contribution in [0.4, 0.5) is 0 Å². The quantitative estimate of drug-likeness (QED) is 0.804. The number of hydrogen-bond donors (Lipinski definition) is 2. The summed E-state index contributed by atoms with van der Waals surface area (Å²) < 4.78 is 32.4. The molecule has 0 saturated carbocycles. The first-order valence-corrected chi connectivity index (χ1v) is 8.20. The number of hydrogen-bond acceptors (Lipinski definition) is 4. The zero-order valence-electron chi connectivity index (χ0n) is 11.9. The second-order valence-corrected chi connectivity index (χ2v) is 7.15. The summed E-state index contributed by atoms with van der Waals surface area (Å²) in [5, 5.41) is 0.459. The van der Waals surface area contributed by atoms with Crippen molar-refractivity contribution in [1.82, 2.24) is 4.72 Å². The van der Waals surface area contributed by atoms with E-state index in [0.717, 1.165) is 0 Å². The fourth-order valence-electron chi connectivity index (χ4n) is 1.67. The Hall–Kier alpha value is -0.660. The molecule has 5 nitrogen and oxygen atoms in total. The highest BCUT2D eigenvalue weighted by molar-refractivity contribution is 7.89. The Morgan fingerprint density at radius 1 is 1.40 bits per heavy atom. The zero-order chi connectivity index (χ0) is 15.4. The van der Waals surface area contributed by atoms with Crippen LogP contribution in [0, 0.1) is 0 Å². The Labute approximate surface area is 125 Å². The van der Waals surface area contributed by atoms with Crippen LogP contribution in [0.25, 0.3) is 0 Å². The molecule has 1 rings (SSSR count). The number of nitrogens with two attached hydrogens (primary N) is 1. The Morgan fingerprint density at radius 2 is 2.05 bits per heavy atom. The molecule has 0 unspecified atom stereocenters. The van der Waals surface area contributed by atoms with E-state index in [1.807, 2.05) is 20.8 Å². The van der Waals surface area contributed by atoms with Gasteiger partial charge in [-0.25, -0.2) is 13.1 Å². The lowest BCUT2D eigenvalue weighted by molar-refractivity contribution is -0.00515. The van der Waals surface area contributed by atoms with Crippen LogP contribution in [0.2, 0.25) is 5.02 Å². The number of halogens is 1. The van der Waals surface area contributed by atoms with Gasteiger partial charge in [0.25, 0.3) is 0 Å². The van der Waals surface area contributed by atoms with E-state index in [1.54, 1.807) is 0 Å². The molecular formula is C13H21ClN2O3S. The van der Waals surface area contributed by atoms with Gasteiger partial charge in [0.2, 0.25) is 10.0 Å². The molecule has 0 aliphatic rings. The number of nitrogens with one attached hydrogen (secondary N) is 1. The summed E-state index contributed by atoms with van der Waals surface area (Å²) in [5.41, 5.74) is 5.56. The third kappa shape index (κ3) is 4.71. The molecule has 114 valence electrons. The highest BCUT2D eigenvalue weighted by atomic mass is 35.5. The Kier molecular flexibility index (Phi) is 5.97. The first-order valence-electron chi connectivity index (χ1n) is 6.34. The third-order valence-electron chi connectivity index (χ3n) is 2.77. The molecule has 0 aliphatic heterocycles. The predicted octanol–water partition coefficient (Wildman–Crippen LogP) is 1.89. The van der Waals surface area contributed by atoms with E-state index in [-0.39, 0.29) is 18.0 Å². The van der Waals surface area contributed by atoms with Gasteiger partial charge < -0.3 is 10.5 Å². The lowest BCUT2D eigenvalue weighted by Gasteiger charge is -2.24. The van der Waals surface area contributed by atoms with Crippen LogP contribution in [-0.4, -0.2) is 27.2 Å². The van der Waals surface area contributed by atoms with Crippen LogP contribution in [0.15, 0.2) is 23.1 Å². The maximum Gasteiger partial charge on any atom is 0.240 e. The van der Waals surface area contributed by atoms with Crippen molar-refractivity contribution < 1.29 is 13.2 Å². The van der Waals surface area contributed by atoms with Gasteiger partial charge in [-0.2, -0.15) is 0 Å². The van der Waals surface area contributed by atoms with Crippen molar-refractivity contribution in [3.05, 3.63) is 28.8 Å². The fraction of sp³-hybridized carbons (Fsp3) is 0.538. The molecule has 7 heteroatoms. The van der Waals surface area contributed by atoms with Crippen molar-refractivity contribution in [3.63, 3.8) is 0 Å². The molecule has 0 bridgehead atoms. The van der Waals surface area contributed by atoms with Crippen LogP contribution in [0.5, 0.6) is 0 Å². The monoisotopic (exact) mass is 320 g/mol. The average molecular weight is 321 g/mol. The predicted molar refractivity (Wildman–Crippen MR) is 80.2 cm³/mol. The molecule has 3 N–H and O–H groups in total. The van der Waals surface area contributed by atoms with Crippen LogP contribution < -0.4 is 10.5 Å². The van der Waals surface area contributed by atoms with Crippen molar-refractivity contribution in [1.29, 1.82) is 0 Å². The second kappa shape index (κ2) is 6.87. The normalized spacial score (nSPS) is 12.7. The molecule has 0 radical (unpaired) electrons. The molecule has 0 fully saturated rings. The molecule has 20 heavy (non-hydrogen) atoms. The third-order valence-corrected chi connectivity index (χ3v) is 4.54. The molecular weight excluding hydrogens is 300 g/mol. The van der Waals surface area contributed by atoms with Gasteiger partial charge in [-0.3, -0.25) is 0 Å². The van der Waals surface area contributed by atoms with Crippen molar-refractivity contribution >= 4 is 21.6 Å². The van der Waals surface area contributed by atoms with E-state index >= 15 is 0 Å². The van der Waals surface area contributed by atoms with Crippen LogP contribution >= 0.6 is 11.6 Å². The van der Waals surface area contributed by atoms with Gasteiger partial charge in [-0.1, -0.05) is 11.6 Å². The molecule has 1 aromatic rings. The van der Waals surface area contributed by atoms with Crippen molar-refractivity contribution in [2.75, 3.05) is 13.2 Å². The molecule has 0 aliphatic carbocycles. The van der Waals surface area contributed by atoms with Crippen molar-refractivity contribution in [3.8, 4) is 0 Å². The summed E-state index contributed by atoms with van der Waals surface area (Å²) >= 11 is 5.92. The van der Waals surface area contributed by atoms with Gasteiger partial charge in [-0.15, -0.1) is 0 Å². The van der Waals surface area contributed by atoms with Crippen LogP contribution in [0.1, 0.15) is 26.3 Å². The Bertz CT molecular complexity index is 559. The highest BCUT2D eigenvalue weighted by Crippen LogP contribution is 2.20. The van der Waals surface area contributed by atoms with Crippen LogP contribution in [0.3, 0.4) is 0 Å². The van der Waals surface area contributed by atoms with Crippen molar-refractivity contribution in [2.45, 2.75) is 37.8 Å². The van der Waals surface area contributed by atoms with E-state index < -0.39 is 15.6 Å². The molecule has 0 aromatic heterocycles. The molecule has 0 heterocycles. The summed E-state index contributed by atoms with van der Waals surface area (Å²) in [5.74, 6) is 0. The Morgan fingerprint density at radius 3 is 2.60 bits per heavy atom. The smallest absolute Gasteiger partial charge is 0.240 e. The van der Waals surface area contributed by atoms with Gasteiger partial charge in [-0.05, 0) is 44.5 Å². The maximum absolute atomic E-state index is 12.2. The van der Waals surface area contributed by atoms with E-state index in [9.17, 15) is 8.42 Å². The number of ether oxygens (including phenoxy) is 1. The minimum absolute atomic E-state index is 0.148. The summed E-state index contributed by atoms with van der Waals surface area (Å²) in [6.45, 7) is 6.41. The lowest BCUT2D eigenvalue weighted by atomic mass is 10.1. The van der Waals surface area contributed by atoms with Crippen molar-refractivity contribution in [2.24, 2.45) is 5.73 Å². The molecule has 0 saturated heterocycles. The van der Waals surface area contributed by atoms with Gasteiger partial charge in [0, 0.05) is 24.7 Å². The maximum atomic E-state index is 12.2. The number of sulfonamides is 1. The summed E-state index contributed by atoms with van der Waals surface area (Å²) in [6, 6.07) is 4.47. The highest BCUT2D eigenvalue weighted by Gasteiger charge is 2.22. The zero-order valence-corrected chi connectivity index (χ0v) is 13.5. The van der Waals surface area contributed by atoms with Crippen LogP contribution in [-0.2, 0) is 21.3 Å². The Balaban J connectivity index is 2.89. The lowest BCUT2D eigenvalue weighted by Crippen LogP contribution is -2.40. The van der Waals surface area contributed by atoms with Gasteiger partial charge in [0.15, 0.2) is 0 Å². The largest absolute Gasteiger partial charge is 0.375 e. The van der Waals surface area contributed by atoms with E-state index in [1.165, 1.54) is 18.2 Å². The topological polar surface area (TPSA) is 81.4 Å². The molecule has 1 aromatic carbocycles. The number of benzene rings is 1. The minimum Gasteiger partial charge on any atom is -0.375 e. The first kappa shape index (κ1) is 17.4. The van der Waals surface area contributed by atoms with Gasteiger partial charge in [0.05, 0.1) is 10.5 Å². The molecule has 0 spiro atoms. The van der Waals surface area contributed by atoms with E-state index in [4.69, 9.17) is 22.1 Å². The van der Waals surface area contributed by atoms with E-state index in [0.29, 0.717) is 17.2 Å². The van der Waals surface area contributed by atoms with Gasteiger partial charge in [0.1, 0.15) is 0 Å². The molecule has 0 atom stereocenters.